The van der Waals surface area contributed by atoms with Gasteiger partial charge in [0.25, 0.3) is 0 Å². The highest BCUT2D eigenvalue weighted by molar-refractivity contribution is 5.85. The van der Waals surface area contributed by atoms with E-state index in [2.05, 4.69) is 47.8 Å². The van der Waals surface area contributed by atoms with Crippen molar-refractivity contribution in [2.75, 3.05) is 7.11 Å². The average molecular weight is 255 g/mol. The van der Waals surface area contributed by atoms with Crippen LogP contribution in [0.25, 0.3) is 10.8 Å². The molecule has 0 spiro atoms. The summed E-state index contributed by atoms with van der Waals surface area (Å²) in [7, 11) is 1.82. The van der Waals surface area contributed by atoms with Crippen LogP contribution >= 0.6 is 0 Å². The summed E-state index contributed by atoms with van der Waals surface area (Å²) in [5, 5.41) is 6.36. The third-order valence-corrected chi connectivity index (χ3v) is 4.18. The lowest BCUT2D eigenvalue weighted by atomic mass is 10.0. The SMILES string of the molecule is COC1CCC(NCc2cccc3ccccc23)C1. The smallest absolute Gasteiger partial charge is 0.0586 e. The van der Waals surface area contributed by atoms with E-state index >= 15 is 0 Å². The van der Waals surface area contributed by atoms with Crippen LogP contribution in [0.2, 0.25) is 0 Å². The molecule has 2 aromatic carbocycles. The molecule has 1 fully saturated rings. The Morgan fingerprint density at radius 1 is 1.11 bits per heavy atom. The fourth-order valence-electron chi connectivity index (χ4n) is 3.04. The van der Waals surface area contributed by atoms with Crippen LogP contribution in [0.4, 0.5) is 0 Å². The van der Waals surface area contributed by atoms with Crippen LogP contribution in [-0.2, 0) is 11.3 Å². The number of hydrogen-bond donors (Lipinski definition) is 1. The van der Waals surface area contributed by atoms with Crippen LogP contribution in [0, 0.1) is 0 Å². The molecule has 2 heteroatoms. The maximum Gasteiger partial charge on any atom is 0.0586 e. The summed E-state index contributed by atoms with van der Waals surface area (Å²) in [4.78, 5) is 0. The van der Waals surface area contributed by atoms with Crippen LogP contribution in [0.5, 0.6) is 0 Å². The van der Waals surface area contributed by atoms with Crippen molar-refractivity contribution < 1.29 is 4.74 Å². The molecule has 3 rings (SSSR count). The Kier molecular flexibility index (Phi) is 3.81. The zero-order valence-corrected chi connectivity index (χ0v) is 11.4. The number of nitrogens with one attached hydrogen (secondary N) is 1. The van der Waals surface area contributed by atoms with Crippen LogP contribution in [-0.4, -0.2) is 19.3 Å². The first kappa shape index (κ1) is 12.6. The van der Waals surface area contributed by atoms with E-state index in [0.717, 1.165) is 13.0 Å². The number of methoxy groups -OCH3 is 1. The number of rotatable bonds is 4. The van der Waals surface area contributed by atoms with Crippen LogP contribution in [0.15, 0.2) is 42.5 Å². The van der Waals surface area contributed by atoms with Gasteiger partial charge in [0, 0.05) is 19.7 Å². The van der Waals surface area contributed by atoms with Crippen molar-refractivity contribution in [3.63, 3.8) is 0 Å². The normalized spacial score (nSPS) is 23.0. The molecule has 0 saturated heterocycles. The second kappa shape index (κ2) is 5.72. The highest BCUT2D eigenvalue weighted by Crippen LogP contribution is 2.23. The molecule has 1 aliphatic rings. The fourth-order valence-corrected chi connectivity index (χ4v) is 3.04. The molecule has 2 nitrogen and oxygen atoms in total. The molecule has 0 radical (unpaired) electrons. The number of hydrogen-bond acceptors (Lipinski definition) is 2. The van der Waals surface area contributed by atoms with Crippen molar-refractivity contribution in [3.8, 4) is 0 Å². The van der Waals surface area contributed by atoms with Gasteiger partial charge in [-0.1, -0.05) is 42.5 Å². The minimum absolute atomic E-state index is 0.449. The largest absolute Gasteiger partial charge is 0.381 e. The second-order valence-corrected chi connectivity index (χ2v) is 5.39. The van der Waals surface area contributed by atoms with E-state index in [1.165, 1.54) is 29.2 Å². The molecular formula is C17H21NO. The third kappa shape index (κ3) is 2.80. The summed E-state index contributed by atoms with van der Waals surface area (Å²) < 4.78 is 5.42. The molecule has 1 N–H and O–H groups in total. The third-order valence-electron chi connectivity index (χ3n) is 4.18. The van der Waals surface area contributed by atoms with Gasteiger partial charge in [0.1, 0.15) is 0 Å². The van der Waals surface area contributed by atoms with Gasteiger partial charge in [-0.3, -0.25) is 0 Å². The Bertz CT molecular complexity index is 546. The van der Waals surface area contributed by atoms with Crippen LogP contribution in [0.3, 0.4) is 0 Å². The average Bonchev–Trinajstić information content (AvgIpc) is 2.93. The van der Waals surface area contributed by atoms with Crippen molar-refractivity contribution >= 4 is 10.8 Å². The van der Waals surface area contributed by atoms with Crippen molar-refractivity contribution in [2.45, 2.75) is 38.0 Å². The molecule has 0 amide bonds. The standard InChI is InChI=1S/C17H21NO/c1-19-16-10-9-15(11-16)18-12-14-7-4-6-13-5-2-3-8-17(13)14/h2-8,15-16,18H,9-12H2,1H3. The van der Waals surface area contributed by atoms with Gasteiger partial charge in [-0.05, 0) is 35.6 Å². The summed E-state index contributed by atoms with van der Waals surface area (Å²) in [6.45, 7) is 0.947. The lowest BCUT2D eigenvalue weighted by Crippen LogP contribution is -2.26. The van der Waals surface area contributed by atoms with Gasteiger partial charge in [-0.2, -0.15) is 0 Å². The Hall–Kier alpha value is -1.38. The van der Waals surface area contributed by atoms with E-state index in [1.54, 1.807) is 0 Å². The minimum Gasteiger partial charge on any atom is -0.381 e. The highest BCUT2D eigenvalue weighted by atomic mass is 16.5. The maximum absolute atomic E-state index is 5.42. The van der Waals surface area contributed by atoms with E-state index in [1.807, 2.05) is 7.11 Å². The molecule has 2 unspecified atom stereocenters. The fraction of sp³-hybridized carbons (Fsp3) is 0.412. The Morgan fingerprint density at radius 2 is 1.95 bits per heavy atom. The molecule has 19 heavy (non-hydrogen) atoms. The lowest BCUT2D eigenvalue weighted by Gasteiger charge is -2.14. The molecule has 0 aliphatic heterocycles. The quantitative estimate of drug-likeness (QED) is 0.903. The Morgan fingerprint density at radius 3 is 2.79 bits per heavy atom. The van der Waals surface area contributed by atoms with Crippen molar-refractivity contribution in [1.29, 1.82) is 0 Å². The first-order valence-electron chi connectivity index (χ1n) is 7.09. The molecule has 2 aromatic rings. The zero-order chi connectivity index (χ0) is 13.1. The van der Waals surface area contributed by atoms with Gasteiger partial charge in [0.15, 0.2) is 0 Å². The molecule has 1 saturated carbocycles. The highest BCUT2D eigenvalue weighted by Gasteiger charge is 2.23. The molecule has 0 aromatic heterocycles. The van der Waals surface area contributed by atoms with E-state index in [-0.39, 0.29) is 0 Å². The lowest BCUT2D eigenvalue weighted by molar-refractivity contribution is 0.107. The van der Waals surface area contributed by atoms with Gasteiger partial charge in [-0.15, -0.1) is 0 Å². The second-order valence-electron chi connectivity index (χ2n) is 5.39. The van der Waals surface area contributed by atoms with E-state index in [0.29, 0.717) is 12.1 Å². The van der Waals surface area contributed by atoms with Gasteiger partial charge in [0.05, 0.1) is 6.10 Å². The summed E-state index contributed by atoms with van der Waals surface area (Å²) in [6, 6.07) is 15.7. The number of fused-ring (bicyclic) bond motifs is 1. The van der Waals surface area contributed by atoms with Crippen molar-refractivity contribution in [2.24, 2.45) is 0 Å². The predicted molar refractivity (Wildman–Crippen MR) is 79.2 cm³/mol. The Balaban J connectivity index is 1.69. The van der Waals surface area contributed by atoms with E-state index in [4.69, 9.17) is 4.74 Å². The molecule has 0 bridgehead atoms. The summed E-state index contributed by atoms with van der Waals surface area (Å²) in [5.41, 5.74) is 1.39. The van der Waals surface area contributed by atoms with Gasteiger partial charge < -0.3 is 10.1 Å². The van der Waals surface area contributed by atoms with E-state index < -0.39 is 0 Å². The monoisotopic (exact) mass is 255 g/mol. The molecule has 1 aliphatic carbocycles. The minimum atomic E-state index is 0.449. The van der Waals surface area contributed by atoms with Crippen LogP contribution < -0.4 is 5.32 Å². The number of ether oxygens (including phenoxy) is 1. The van der Waals surface area contributed by atoms with Gasteiger partial charge in [0.2, 0.25) is 0 Å². The number of benzene rings is 2. The Labute approximate surface area is 114 Å². The summed E-state index contributed by atoms with van der Waals surface area (Å²) in [5.74, 6) is 0. The zero-order valence-electron chi connectivity index (χ0n) is 11.4. The van der Waals surface area contributed by atoms with Gasteiger partial charge in [-0.25, -0.2) is 0 Å². The van der Waals surface area contributed by atoms with Crippen molar-refractivity contribution in [1.82, 2.24) is 5.32 Å². The first-order chi connectivity index (χ1) is 9.36. The maximum atomic E-state index is 5.42. The first-order valence-corrected chi connectivity index (χ1v) is 7.09. The summed E-state index contributed by atoms with van der Waals surface area (Å²) in [6.07, 6.45) is 4.00. The van der Waals surface area contributed by atoms with Crippen LogP contribution in [0.1, 0.15) is 24.8 Å². The van der Waals surface area contributed by atoms with E-state index in [9.17, 15) is 0 Å². The molecule has 2 atom stereocenters. The molecular weight excluding hydrogens is 234 g/mol. The van der Waals surface area contributed by atoms with Crippen molar-refractivity contribution in [3.05, 3.63) is 48.0 Å². The topological polar surface area (TPSA) is 21.3 Å². The summed E-state index contributed by atoms with van der Waals surface area (Å²) >= 11 is 0. The molecule has 100 valence electrons. The molecule has 0 heterocycles. The predicted octanol–water partition coefficient (Wildman–Crippen LogP) is 3.50. The van der Waals surface area contributed by atoms with Gasteiger partial charge >= 0.3 is 0 Å².